The van der Waals surface area contributed by atoms with Gasteiger partial charge in [-0.3, -0.25) is 4.79 Å². The second kappa shape index (κ2) is 4.08. The lowest BCUT2D eigenvalue weighted by Crippen LogP contribution is -2.12. The number of carbonyl (C=O) groups is 1. The first-order valence-corrected chi connectivity index (χ1v) is 4.19. The first-order chi connectivity index (χ1) is 6.43. The van der Waals surface area contributed by atoms with Crippen molar-refractivity contribution in [3.05, 3.63) is 33.8 Å². The van der Waals surface area contributed by atoms with Crippen LogP contribution in [0, 0.1) is 11.6 Å². The maximum atomic E-state index is 12.8. The predicted octanol–water partition coefficient (Wildman–Crippen LogP) is 3.18. The van der Waals surface area contributed by atoms with E-state index in [4.69, 9.17) is 0 Å². The van der Waals surface area contributed by atoms with Crippen molar-refractivity contribution in [1.82, 2.24) is 0 Å². The normalized spacial score (nSPS) is 10.7. The average molecular weight is 271 g/mol. The fraction of sp³-hybridized carbons (Fsp3) is 0.125. The largest absolute Gasteiger partial charge is 0.300 e. The van der Waals surface area contributed by atoms with Gasteiger partial charge in [0.15, 0.2) is 0 Å². The fourth-order valence-electron chi connectivity index (χ4n) is 0.829. The fourth-order valence-corrected chi connectivity index (χ4v) is 1.17. The number of ketones is 1. The monoisotopic (exact) mass is 270 g/mol. The Balaban J connectivity index is 3.22. The Morgan fingerprint density at radius 1 is 1.21 bits per heavy atom. The second-order valence-corrected chi connectivity index (χ2v) is 3.27. The average Bonchev–Trinajstić information content (AvgIpc) is 2.10. The molecule has 6 heteroatoms. The Labute approximate surface area is 84.9 Å². The zero-order valence-corrected chi connectivity index (χ0v) is 8.12. The summed E-state index contributed by atoms with van der Waals surface area (Å²) < 4.78 is 49.0. The molecule has 0 heterocycles. The number of carbonyl (C=O) groups excluding carboxylic acids is 1. The minimum Gasteiger partial charge on any atom is -0.288 e. The zero-order chi connectivity index (χ0) is 10.9. The van der Waals surface area contributed by atoms with E-state index in [1.54, 1.807) is 0 Å². The molecule has 0 bridgehead atoms. The van der Waals surface area contributed by atoms with Crippen LogP contribution in [0.5, 0.6) is 0 Å². The van der Waals surface area contributed by atoms with Gasteiger partial charge < -0.3 is 0 Å². The lowest BCUT2D eigenvalue weighted by molar-refractivity contribution is 0.0674. The van der Waals surface area contributed by atoms with Crippen LogP contribution in [0.25, 0.3) is 0 Å². The number of rotatable bonds is 2. The number of halogens is 5. The van der Waals surface area contributed by atoms with Crippen LogP contribution in [0.2, 0.25) is 0 Å². The summed E-state index contributed by atoms with van der Waals surface area (Å²) in [5.41, 5.74) is -0.826. The Hall–Kier alpha value is -0.910. The molecule has 0 radical (unpaired) electrons. The number of hydrogen-bond donors (Lipinski definition) is 0. The minimum atomic E-state index is -3.30. The van der Waals surface area contributed by atoms with E-state index in [2.05, 4.69) is 15.9 Å². The molecule has 76 valence electrons. The maximum Gasteiger partial charge on any atom is 0.300 e. The van der Waals surface area contributed by atoms with E-state index in [0.29, 0.717) is 12.1 Å². The summed E-state index contributed by atoms with van der Waals surface area (Å²) in [6.45, 7) is 0. The van der Waals surface area contributed by atoms with Crippen LogP contribution < -0.4 is 0 Å². The van der Waals surface area contributed by atoms with Crippen LogP contribution in [0.4, 0.5) is 17.6 Å². The van der Waals surface area contributed by atoms with Crippen molar-refractivity contribution < 1.29 is 22.4 Å². The van der Waals surface area contributed by atoms with Gasteiger partial charge >= 0.3 is 6.43 Å². The molecule has 1 rings (SSSR count). The van der Waals surface area contributed by atoms with Crippen LogP contribution in [-0.4, -0.2) is 12.2 Å². The molecule has 0 spiro atoms. The van der Waals surface area contributed by atoms with Gasteiger partial charge in [-0.1, -0.05) is 0 Å². The predicted molar refractivity (Wildman–Crippen MR) is 44.4 cm³/mol. The molecule has 0 saturated heterocycles. The highest BCUT2D eigenvalue weighted by molar-refractivity contribution is 9.10. The molecule has 14 heavy (non-hydrogen) atoms. The summed E-state index contributed by atoms with van der Waals surface area (Å²) >= 11 is 2.66. The molecule has 0 aliphatic carbocycles. The molecular weight excluding hydrogens is 268 g/mol. The molecule has 0 aliphatic heterocycles. The van der Waals surface area contributed by atoms with Crippen molar-refractivity contribution in [1.29, 1.82) is 0 Å². The smallest absolute Gasteiger partial charge is 0.288 e. The Morgan fingerprint density at radius 3 is 2.29 bits per heavy atom. The van der Waals surface area contributed by atoms with Gasteiger partial charge in [0.1, 0.15) is 11.6 Å². The third kappa shape index (κ3) is 2.12. The van der Waals surface area contributed by atoms with Crippen LogP contribution >= 0.6 is 15.9 Å². The topological polar surface area (TPSA) is 17.1 Å². The molecule has 1 aromatic carbocycles. The molecule has 0 fully saturated rings. The van der Waals surface area contributed by atoms with Gasteiger partial charge in [-0.05, 0) is 22.0 Å². The molecule has 0 aromatic heterocycles. The van der Waals surface area contributed by atoms with Gasteiger partial charge in [0, 0.05) is 6.07 Å². The molecule has 0 atom stereocenters. The number of hydrogen-bond acceptors (Lipinski definition) is 1. The van der Waals surface area contributed by atoms with Crippen molar-refractivity contribution in [2.45, 2.75) is 6.43 Å². The quantitative estimate of drug-likeness (QED) is 0.458. The highest BCUT2D eigenvalue weighted by Gasteiger charge is 2.22. The van der Waals surface area contributed by atoms with Crippen molar-refractivity contribution in [3.63, 3.8) is 0 Å². The third-order valence-electron chi connectivity index (χ3n) is 1.47. The van der Waals surface area contributed by atoms with Crippen LogP contribution in [0.15, 0.2) is 16.6 Å². The first kappa shape index (κ1) is 11.2. The summed E-state index contributed by atoms with van der Waals surface area (Å²) in [6, 6.07) is 1.07. The maximum absolute atomic E-state index is 12.8. The van der Waals surface area contributed by atoms with Crippen molar-refractivity contribution in [2.75, 3.05) is 0 Å². The molecule has 0 N–H and O–H groups in total. The van der Waals surface area contributed by atoms with Crippen LogP contribution in [-0.2, 0) is 0 Å². The van der Waals surface area contributed by atoms with Crippen molar-refractivity contribution in [2.24, 2.45) is 0 Å². The van der Waals surface area contributed by atoms with Crippen molar-refractivity contribution >= 4 is 21.7 Å². The number of benzene rings is 1. The van der Waals surface area contributed by atoms with E-state index in [0.717, 1.165) is 0 Å². The number of alkyl halides is 2. The molecule has 0 unspecified atom stereocenters. The summed E-state index contributed by atoms with van der Waals surface area (Å²) in [4.78, 5) is 10.7. The minimum absolute atomic E-state index is 0.233. The zero-order valence-electron chi connectivity index (χ0n) is 6.53. The molecule has 1 aromatic rings. The standard InChI is InChI=1S/C8H3BrF4O/c9-4-1-3(7(14)8(12)13)5(10)2-6(4)11/h1-2,8H. The van der Waals surface area contributed by atoms with Gasteiger partial charge in [-0.15, -0.1) is 0 Å². The van der Waals surface area contributed by atoms with E-state index in [1.807, 2.05) is 0 Å². The van der Waals surface area contributed by atoms with Gasteiger partial charge in [-0.2, -0.15) is 0 Å². The van der Waals surface area contributed by atoms with Crippen molar-refractivity contribution in [3.8, 4) is 0 Å². The SMILES string of the molecule is O=C(c1cc(Br)c(F)cc1F)C(F)F. The van der Waals surface area contributed by atoms with E-state index in [1.165, 1.54) is 0 Å². The summed E-state index contributed by atoms with van der Waals surface area (Å²) in [7, 11) is 0. The lowest BCUT2D eigenvalue weighted by Gasteiger charge is -2.02. The summed E-state index contributed by atoms with van der Waals surface area (Å²) in [5.74, 6) is -3.91. The van der Waals surface area contributed by atoms with E-state index in [9.17, 15) is 22.4 Å². The molecule has 0 saturated carbocycles. The lowest BCUT2D eigenvalue weighted by atomic mass is 10.1. The highest BCUT2D eigenvalue weighted by atomic mass is 79.9. The van der Waals surface area contributed by atoms with Gasteiger partial charge in [-0.25, -0.2) is 17.6 Å². The summed E-state index contributed by atoms with van der Waals surface area (Å²) in [6.07, 6.45) is -3.30. The number of Topliss-reactive ketones (excluding diaryl/α,β-unsaturated/α-hetero) is 1. The molecule has 0 aliphatic rings. The molecule has 1 nitrogen and oxygen atoms in total. The van der Waals surface area contributed by atoms with E-state index in [-0.39, 0.29) is 4.47 Å². The van der Waals surface area contributed by atoms with E-state index >= 15 is 0 Å². The molecule has 0 amide bonds. The Bertz CT molecular complexity index is 378. The molecular formula is C8H3BrF4O. The van der Waals surface area contributed by atoms with Gasteiger partial charge in [0.05, 0.1) is 10.0 Å². The Morgan fingerprint density at radius 2 is 1.79 bits per heavy atom. The highest BCUT2D eigenvalue weighted by Crippen LogP contribution is 2.21. The van der Waals surface area contributed by atoms with Crippen LogP contribution in [0.3, 0.4) is 0 Å². The second-order valence-electron chi connectivity index (χ2n) is 2.41. The Kier molecular flexibility index (Phi) is 3.25. The van der Waals surface area contributed by atoms with Gasteiger partial charge in [0.25, 0.3) is 0 Å². The van der Waals surface area contributed by atoms with E-state index < -0.39 is 29.4 Å². The van der Waals surface area contributed by atoms with Crippen LogP contribution in [0.1, 0.15) is 10.4 Å². The summed E-state index contributed by atoms with van der Waals surface area (Å²) in [5, 5.41) is 0. The van der Waals surface area contributed by atoms with Gasteiger partial charge in [0.2, 0.25) is 5.78 Å². The third-order valence-corrected chi connectivity index (χ3v) is 2.08. The first-order valence-electron chi connectivity index (χ1n) is 3.40.